The highest BCUT2D eigenvalue weighted by Gasteiger charge is 2.42. The number of hydrogen-bond acceptors (Lipinski definition) is 5. The van der Waals surface area contributed by atoms with Crippen LogP contribution in [0.2, 0.25) is 0 Å². The Bertz CT molecular complexity index is 404. The van der Waals surface area contributed by atoms with E-state index in [1.165, 1.54) is 11.3 Å². The average molecular weight is 238 g/mol. The minimum Gasteiger partial charge on any atom is -0.384 e. The van der Waals surface area contributed by atoms with Gasteiger partial charge in [0.05, 0.1) is 11.5 Å². The van der Waals surface area contributed by atoms with E-state index in [2.05, 4.69) is 11.1 Å². The summed E-state index contributed by atoms with van der Waals surface area (Å²) < 4.78 is 5.24. The molecule has 86 valence electrons. The second-order valence-corrected chi connectivity index (χ2v) is 5.00. The quantitative estimate of drug-likeness (QED) is 0.853. The van der Waals surface area contributed by atoms with Crippen LogP contribution < -0.4 is 0 Å². The molecule has 0 aromatic carbocycles. The summed E-state index contributed by atoms with van der Waals surface area (Å²) in [6.07, 6.45) is 0.354. The molecule has 1 aliphatic heterocycles. The molecule has 0 radical (unpaired) electrons. The van der Waals surface area contributed by atoms with Gasteiger partial charge in [0, 0.05) is 24.3 Å². The lowest BCUT2D eigenvalue weighted by Crippen LogP contribution is -2.34. The molecule has 16 heavy (non-hydrogen) atoms. The molecular formula is C11H14N2O2S. The van der Waals surface area contributed by atoms with E-state index in [4.69, 9.17) is 4.74 Å². The standard InChI is InChI=1S/C11H14N2O2S/c1-8-6-16-10(13-8)9(14)11(7-12)2-4-15-5-3-11/h6,9,14H,2-5H2,1H3. The van der Waals surface area contributed by atoms with Gasteiger partial charge in [-0.1, -0.05) is 0 Å². The third kappa shape index (κ3) is 1.96. The van der Waals surface area contributed by atoms with Crippen molar-refractivity contribution >= 4 is 11.3 Å². The first-order valence-corrected chi connectivity index (χ1v) is 6.15. The van der Waals surface area contributed by atoms with Crippen molar-refractivity contribution in [2.45, 2.75) is 25.9 Å². The van der Waals surface area contributed by atoms with Crippen molar-refractivity contribution in [3.63, 3.8) is 0 Å². The maximum absolute atomic E-state index is 10.3. The number of aryl methyl sites for hydroxylation is 1. The molecule has 5 heteroatoms. The Balaban J connectivity index is 2.24. The largest absolute Gasteiger partial charge is 0.384 e. The monoisotopic (exact) mass is 238 g/mol. The van der Waals surface area contributed by atoms with E-state index in [9.17, 15) is 10.4 Å². The van der Waals surface area contributed by atoms with E-state index in [1.54, 1.807) is 0 Å². The Morgan fingerprint density at radius 1 is 1.62 bits per heavy atom. The van der Waals surface area contributed by atoms with E-state index in [0.29, 0.717) is 31.1 Å². The molecule has 1 fully saturated rings. The SMILES string of the molecule is Cc1csc(C(O)C2(C#N)CCOCC2)n1. The fourth-order valence-corrected chi connectivity index (χ4v) is 2.81. The van der Waals surface area contributed by atoms with Crippen molar-refractivity contribution in [3.8, 4) is 6.07 Å². The molecule has 1 aromatic rings. The zero-order valence-electron chi connectivity index (χ0n) is 9.14. The van der Waals surface area contributed by atoms with Gasteiger partial charge in [-0.2, -0.15) is 5.26 Å². The summed E-state index contributed by atoms with van der Waals surface area (Å²) in [7, 11) is 0. The molecule has 1 atom stereocenters. The molecule has 2 heterocycles. The predicted octanol–water partition coefficient (Wildman–Crippen LogP) is 1.81. The molecule has 4 nitrogen and oxygen atoms in total. The third-order valence-electron chi connectivity index (χ3n) is 3.00. The Labute approximate surface area is 98.5 Å². The summed E-state index contributed by atoms with van der Waals surface area (Å²) in [4.78, 5) is 4.26. The number of nitriles is 1. The summed E-state index contributed by atoms with van der Waals surface area (Å²) in [5.74, 6) is 0. The van der Waals surface area contributed by atoms with Crippen LogP contribution in [0.15, 0.2) is 5.38 Å². The number of thiazole rings is 1. The molecule has 1 saturated heterocycles. The number of hydrogen-bond donors (Lipinski definition) is 1. The Hall–Kier alpha value is -0.960. The third-order valence-corrected chi connectivity index (χ3v) is 4.02. The summed E-state index contributed by atoms with van der Waals surface area (Å²) in [5.41, 5.74) is 0.168. The lowest BCUT2D eigenvalue weighted by molar-refractivity contribution is -0.0311. The molecule has 1 N–H and O–H groups in total. The lowest BCUT2D eigenvalue weighted by atomic mass is 9.77. The van der Waals surface area contributed by atoms with Crippen LogP contribution in [0, 0.1) is 23.7 Å². The van der Waals surface area contributed by atoms with Crippen LogP contribution in [0.25, 0.3) is 0 Å². The minimum absolute atomic E-state index is 0.537. The van der Waals surface area contributed by atoms with E-state index < -0.39 is 11.5 Å². The lowest BCUT2D eigenvalue weighted by Gasteiger charge is -2.33. The van der Waals surface area contributed by atoms with Crippen molar-refractivity contribution in [1.82, 2.24) is 4.98 Å². The van der Waals surface area contributed by atoms with Crippen molar-refractivity contribution in [2.75, 3.05) is 13.2 Å². The highest BCUT2D eigenvalue weighted by atomic mass is 32.1. The zero-order valence-corrected chi connectivity index (χ0v) is 9.96. The van der Waals surface area contributed by atoms with E-state index >= 15 is 0 Å². The van der Waals surface area contributed by atoms with E-state index in [0.717, 1.165) is 5.69 Å². The van der Waals surface area contributed by atoms with Gasteiger partial charge < -0.3 is 9.84 Å². The fraction of sp³-hybridized carbons (Fsp3) is 0.636. The van der Waals surface area contributed by atoms with Crippen molar-refractivity contribution in [1.29, 1.82) is 5.26 Å². The first-order chi connectivity index (χ1) is 7.68. The molecule has 2 rings (SSSR count). The fourth-order valence-electron chi connectivity index (χ4n) is 1.92. The first kappa shape index (κ1) is 11.5. The Morgan fingerprint density at radius 2 is 2.31 bits per heavy atom. The van der Waals surface area contributed by atoms with Gasteiger partial charge in [0.25, 0.3) is 0 Å². The van der Waals surface area contributed by atoms with Crippen LogP contribution in [0.1, 0.15) is 29.6 Å². The number of aromatic nitrogens is 1. The van der Waals surface area contributed by atoms with Gasteiger partial charge in [0.1, 0.15) is 11.1 Å². The number of rotatable bonds is 2. The van der Waals surface area contributed by atoms with Gasteiger partial charge in [-0.15, -0.1) is 11.3 Å². The normalized spacial score (nSPS) is 21.3. The molecular weight excluding hydrogens is 224 g/mol. The smallest absolute Gasteiger partial charge is 0.124 e. The second kappa shape index (κ2) is 4.50. The van der Waals surface area contributed by atoms with Crippen LogP contribution >= 0.6 is 11.3 Å². The van der Waals surface area contributed by atoms with Crippen LogP contribution in [0.5, 0.6) is 0 Å². The summed E-state index contributed by atoms with van der Waals surface area (Å²) in [6, 6.07) is 2.26. The minimum atomic E-state index is -0.792. The number of aliphatic hydroxyl groups excluding tert-OH is 1. The summed E-state index contributed by atoms with van der Waals surface area (Å²) in [6.45, 7) is 2.96. The van der Waals surface area contributed by atoms with Gasteiger partial charge in [-0.25, -0.2) is 4.98 Å². The van der Waals surface area contributed by atoms with Crippen LogP contribution in [0.3, 0.4) is 0 Å². The van der Waals surface area contributed by atoms with Gasteiger partial charge in [-0.05, 0) is 19.8 Å². The van der Waals surface area contributed by atoms with Crippen LogP contribution in [0.4, 0.5) is 0 Å². The molecule has 0 aliphatic carbocycles. The Morgan fingerprint density at radius 3 is 2.81 bits per heavy atom. The van der Waals surface area contributed by atoms with Crippen molar-refractivity contribution < 1.29 is 9.84 Å². The average Bonchev–Trinajstić information content (AvgIpc) is 2.76. The molecule has 0 saturated carbocycles. The summed E-state index contributed by atoms with van der Waals surface area (Å²) in [5, 5.41) is 22.1. The van der Waals surface area contributed by atoms with Crippen LogP contribution in [-0.2, 0) is 4.74 Å². The topological polar surface area (TPSA) is 66.1 Å². The predicted molar refractivity (Wildman–Crippen MR) is 59.9 cm³/mol. The maximum Gasteiger partial charge on any atom is 0.124 e. The molecule has 0 spiro atoms. The number of nitrogens with zero attached hydrogens (tertiary/aromatic N) is 2. The van der Waals surface area contributed by atoms with Gasteiger partial charge in [0.15, 0.2) is 0 Å². The second-order valence-electron chi connectivity index (χ2n) is 4.11. The summed E-state index contributed by atoms with van der Waals surface area (Å²) >= 11 is 1.41. The molecule has 0 amide bonds. The number of aliphatic hydroxyl groups is 1. The van der Waals surface area contributed by atoms with Gasteiger partial charge >= 0.3 is 0 Å². The molecule has 1 aromatic heterocycles. The van der Waals surface area contributed by atoms with E-state index in [1.807, 2.05) is 12.3 Å². The molecule has 1 aliphatic rings. The number of ether oxygens (including phenoxy) is 1. The van der Waals surface area contributed by atoms with E-state index in [-0.39, 0.29) is 0 Å². The van der Waals surface area contributed by atoms with Crippen LogP contribution in [-0.4, -0.2) is 23.3 Å². The highest BCUT2D eigenvalue weighted by molar-refractivity contribution is 7.09. The highest BCUT2D eigenvalue weighted by Crippen LogP contribution is 2.42. The first-order valence-electron chi connectivity index (χ1n) is 5.27. The molecule has 1 unspecified atom stereocenters. The van der Waals surface area contributed by atoms with Gasteiger partial charge in [-0.3, -0.25) is 0 Å². The Kier molecular flexibility index (Phi) is 3.24. The van der Waals surface area contributed by atoms with Gasteiger partial charge in [0.2, 0.25) is 0 Å². The zero-order chi connectivity index (χ0) is 11.6. The molecule has 0 bridgehead atoms. The van der Waals surface area contributed by atoms with Crippen molar-refractivity contribution in [2.24, 2.45) is 5.41 Å². The maximum atomic E-state index is 10.3. The van der Waals surface area contributed by atoms with Crippen molar-refractivity contribution in [3.05, 3.63) is 16.1 Å².